The van der Waals surface area contributed by atoms with E-state index < -0.39 is 0 Å². The van der Waals surface area contributed by atoms with Gasteiger partial charge in [0, 0.05) is 0 Å². The van der Waals surface area contributed by atoms with Crippen molar-refractivity contribution < 1.29 is 4.79 Å². The molecule has 0 amide bonds. The fourth-order valence-corrected chi connectivity index (χ4v) is 1.03. The molecule has 0 fully saturated rings. The Kier molecular flexibility index (Phi) is 6.21. The van der Waals surface area contributed by atoms with Gasteiger partial charge in [-0.15, -0.1) is 0 Å². The number of carbonyl (C=O) groups is 1. The molecule has 0 aromatic rings. The standard InChI is InChI=1S/C12H20O/c1-5-10(2)7-6-8-11(3)12(4)9-13/h7,9,11H,4-6,8H2,1-3H3. The summed E-state index contributed by atoms with van der Waals surface area (Å²) in [7, 11) is 0. The molecule has 0 aromatic carbocycles. The zero-order valence-corrected chi connectivity index (χ0v) is 8.97. The van der Waals surface area contributed by atoms with E-state index in [1.807, 2.05) is 6.92 Å². The lowest BCUT2D eigenvalue weighted by Gasteiger charge is -2.07. The van der Waals surface area contributed by atoms with Crippen LogP contribution in [0.5, 0.6) is 0 Å². The summed E-state index contributed by atoms with van der Waals surface area (Å²) < 4.78 is 0. The van der Waals surface area contributed by atoms with Crippen LogP contribution in [-0.2, 0) is 4.79 Å². The van der Waals surface area contributed by atoms with E-state index in [2.05, 4.69) is 26.5 Å². The largest absolute Gasteiger partial charge is 0.298 e. The second-order valence-electron chi connectivity index (χ2n) is 3.58. The third-order valence-corrected chi connectivity index (χ3v) is 2.43. The molecule has 0 bridgehead atoms. The fraction of sp³-hybridized carbons (Fsp3) is 0.583. The molecule has 13 heavy (non-hydrogen) atoms. The second kappa shape index (κ2) is 6.64. The highest BCUT2D eigenvalue weighted by Crippen LogP contribution is 2.14. The molecule has 1 nitrogen and oxygen atoms in total. The summed E-state index contributed by atoms with van der Waals surface area (Å²) in [4.78, 5) is 10.4. The Balaban J connectivity index is 3.76. The molecular formula is C12H20O. The van der Waals surface area contributed by atoms with Crippen LogP contribution in [0.1, 0.15) is 40.0 Å². The van der Waals surface area contributed by atoms with Crippen molar-refractivity contribution in [2.45, 2.75) is 40.0 Å². The van der Waals surface area contributed by atoms with Crippen molar-refractivity contribution in [3.05, 3.63) is 23.8 Å². The number of carbonyl (C=O) groups excluding carboxylic acids is 1. The topological polar surface area (TPSA) is 17.1 Å². The van der Waals surface area contributed by atoms with Gasteiger partial charge in [-0.3, -0.25) is 4.79 Å². The first kappa shape index (κ1) is 12.2. The molecule has 0 rings (SSSR count). The van der Waals surface area contributed by atoms with Crippen LogP contribution in [0.3, 0.4) is 0 Å². The van der Waals surface area contributed by atoms with Crippen molar-refractivity contribution in [1.29, 1.82) is 0 Å². The molecule has 0 saturated carbocycles. The van der Waals surface area contributed by atoms with E-state index in [-0.39, 0.29) is 0 Å². The molecule has 1 atom stereocenters. The van der Waals surface area contributed by atoms with Crippen LogP contribution in [0.25, 0.3) is 0 Å². The van der Waals surface area contributed by atoms with Gasteiger partial charge < -0.3 is 0 Å². The average molecular weight is 180 g/mol. The number of hydrogen-bond acceptors (Lipinski definition) is 1. The first-order valence-corrected chi connectivity index (χ1v) is 4.91. The average Bonchev–Trinajstić information content (AvgIpc) is 2.15. The van der Waals surface area contributed by atoms with Crippen molar-refractivity contribution in [3.63, 3.8) is 0 Å². The maximum Gasteiger partial charge on any atom is 0.145 e. The Morgan fingerprint density at radius 2 is 2.15 bits per heavy atom. The zero-order chi connectivity index (χ0) is 10.3. The molecule has 74 valence electrons. The third kappa shape index (κ3) is 5.40. The predicted molar refractivity (Wildman–Crippen MR) is 57.7 cm³/mol. The molecule has 1 heteroatoms. The van der Waals surface area contributed by atoms with Crippen LogP contribution in [0.15, 0.2) is 23.8 Å². The highest BCUT2D eigenvalue weighted by molar-refractivity contribution is 5.72. The van der Waals surface area contributed by atoms with Gasteiger partial charge in [-0.2, -0.15) is 0 Å². The van der Waals surface area contributed by atoms with E-state index in [0.29, 0.717) is 11.5 Å². The summed E-state index contributed by atoms with van der Waals surface area (Å²) >= 11 is 0. The van der Waals surface area contributed by atoms with E-state index in [9.17, 15) is 4.79 Å². The van der Waals surface area contributed by atoms with Gasteiger partial charge in [-0.25, -0.2) is 0 Å². The Morgan fingerprint density at radius 1 is 1.54 bits per heavy atom. The van der Waals surface area contributed by atoms with Gasteiger partial charge in [-0.1, -0.05) is 32.1 Å². The summed E-state index contributed by atoms with van der Waals surface area (Å²) in [6.45, 7) is 10.0. The van der Waals surface area contributed by atoms with Gasteiger partial charge >= 0.3 is 0 Å². The zero-order valence-electron chi connectivity index (χ0n) is 8.97. The van der Waals surface area contributed by atoms with Gasteiger partial charge in [0.1, 0.15) is 6.29 Å². The summed E-state index contributed by atoms with van der Waals surface area (Å²) in [6, 6.07) is 0. The molecule has 0 heterocycles. The molecule has 0 aliphatic heterocycles. The first-order valence-electron chi connectivity index (χ1n) is 4.91. The maximum atomic E-state index is 10.4. The molecular weight excluding hydrogens is 160 g/mol. The van der Waals surface area contributed by atoms with Crippen LogP contribution >= 0.6 is 0 Å². The minimum Gasteiger partial charge on any atom is -0.298 e. The van der Waals surface area contributed by atoms with Gasteiger partial charge in [-0.05, 0) is 37.7 Å². The van der Waals surface area contributed by atoms with Gasteiger partial charge in [0.2, 0.25) is 0 Å². The van der Waals surface area contributed by atoms with E-state index >= 15 is 0 Å². The summed E-state index contributed by atoms with van der Waals surface area (Å²) in [5.74, 6) is 0.318. The Labute approximate surface area is 81.5 Å². The number of rotatable bonds is 6. The lowest BCUT2D eigenvalue weighted by Crippen LogP contribution is -1.98. The van der Waals surface area contributed by atoms with Crippen LogP contribution in [-0.4, -0.2) is 6.29 Å². The molecule has 0 saturated heterocycles. The molecule has 0 aliphatic carbocycles. The third-order valence-electron chi connectivity index (χ3n) is 2.43. The lowest BCUT2D eigenvalue weighted by atomic mass is 9.97. The Hall–Kier alpha value is -0.850. The van der Waals surface area contributed by atoms with Gasteiger partial charge in [0.15, 0.2) is 0 Å². The smallest absolute Gasteiger partial charge is 0.145 e. The lowest BCUT2D eigenvalue weighted by molar-refractivity contribution is -0.105. The van der Waals surface area contributed by atoms with Gasteiger partial charge in [0.05, 0.1) is 0 Å². The van der Waals surface area contributed by atoms with E-state index in [1.54, 1.807) is 0 Å². The van der Waals surface area contributed by atoms with Crippen LogP contribution < -0.4 is 0 Å². The monoisotopic (exact) mass is 180 g/mol. The second-order valence-corrected chi connectivity index (χ2v) is 3.58. The number of aldehydes is 1. The van der Waals surface area contributed by atoms with E-state index in [4.69, 9.17) is 0 Å². The van der Waals surface area contributed by atoms with Crippen molar-refractivity contribution in [1.82, 2.24) is 0 Å². The minimum absolute atomic E-state index is 0.318. The highest BCUT2D eigenvalue weighted by atomic mass is 16.1. The van der Waals surface area contributed by atoms with Crippen LogP contribution in [0.4, 0.5) is 0 Å². The van der Waals surface area contributed by atoms with Crippen LogP contribution in [0, 0.1) is 5.92 Å². The number of hydrogen-bond donors (Lipinski definition) is 0. The molecule has 0 aliphatic rings. The molecule has 1 unspecified atom stereocenters. The molecule has 0 aromatic heterocycles. The van der Waals surface area contributed by atoms with Crippen LogP contribution in [0.2, 0.25) is 0 Å². The Morgan fingerprint density at radius 3 is 2.62 bits per heavy atom. The molecule has 0 spiro atoms. The minimum atomic E-state index is 0.318. The summed E-state index contributed by atoms with van der Waals surface area (Å²) in [6.07, 6.45) is 6.29. The summed E-state index contributed by atoms with van der Waals surface area (Å²) in [5, 5.41) is 0. The van der Waals surface area contributed by atoms with Crippen molar-refractivity contribution in [3.8, 4) is 0 Å². The first-order chi connectivity index (χ1) is 6.11. The molecule has 0 N–H and O–H groups in total. The van der Waals surface area contributed by atoms with Gasteiger partial charge in [0.25, 0.3) is 0 Å². The Bertz CT molecular complexity index is 201. The number of allylic oxidation sites excluding steroid dienone is 3. The van der Waals surface area contributed by atoms with Crippen molar-refractivity contribution >= 4 is 6.29 Å². The summed E-state index contributed by atoms with van der Waals surface area (Å²) in [5.41, 5.74) is 2.13. The van der Waals surface area contributed by atoms with E-state index in [1.165, 1.54) is 5.57 Å². The predicted octanol–water partition coefficient (Wildman–Crippen LogP) is 3.51. The van der Waals surface area contributed by atoms with E-state index in [0.717, 1.165) is 25.5 Å². The normalized spacial score (nSPS) is 13.9. The highest BCUT2D eigenvalue weighted by Gasteiger charge is 2.03. The van der Waals surface area contributed by atoms with Crippen molar-refractivity contribution in [2.24, 2.45) is 5.92 Å². The quantitative estimate of drug-likeness (QED) is 0.347. The van der Waals surface area contributed by atoms with Crippen molar-refractivity contribution in [2.75, 3.05) is 0 Å². The fourth-order valence-electron chi connectivity index (χ4n) is 1.03. The molecule has 0 radical (unpaired) electrons. The maximum absolute atomic E-state index is 10.4. The SMILES string of the molecule is C=C(C=O)C(C)CCC=C(C)CC.